The number of thiocarbonyl (C=S) groups is 1. The minimum absolute atomic E-state index is 0.0168. The maximum Gasteiger partial charge on any atom is 0.296 e. The van der Waals surface area contributed by atoms with Crippen LogP contribution >= 0.6 is 24.0 Å². The molecule has 2 aliphatic heterocycles. The van der Waals surface area contributed by atoms with Gasteiger partial charge in [-0.15, -0.1) is 0 Å². The number of hydrogen-bond acceptors (Lipinski definition) is 9. The van der Waals surface area contributed by atoms with Crippen molar-refractivity contribution in [2.45, 2.75) is 33.9 Å². The van der Waals surface area contributed by atoms with Crippen molar-refractivity contribution in [2.24, 2.45) is 7.05 Å². The number of nitriles is 1. The Kier molecular flexibility index (Phi) is 7.86. The molecule has 1 amide bonds. The normalized spacial score (nSPS) is 14.8. The van der Waals surface area contributed by atoms with Gasteiger partial charge in [-0.1, -0.05) is 48.2 Å². The third kappa shape index (κ3) is 5.01. The molecule has 4 heterocycles. The average molecular weight is 641 g/mol. The molecule has 1 N–H and O–H groups in total. The molecule has 0 radical (unpaired) electrons. The third-order valence-corrected chi connectivity index (χ3v) is 9.21. The summed E-state index contributed by atoms with van der Waals surface area (Å²) in [4.78, 5) is 42.5. The van der Waals surface area contributed by atoms with Gasteiger partial charge in [-0.2, -0.15) is 5.26 Å². The van der Waals surface area contributed by atoms with Crippen molar-refractivity contribution in [3.05, 3.63) is 102 Å². The zero-order valence-electron chi connectivity index (χ0n) is 24.9. The summed E-state index contributed by atoms with van der Waals surface area (Å²) in [5, 5.41) is 13.2. The first-order valence-electron chi connectivity index (χ1n) is 14.1. The van der Waals surface area contributed by atoms with Gasteiger partial charge in [0.1, 0.15) is 23.1 Å². The number of thioether (sulfide) groups is 1. The Morgan fingerprint density at radius 3 is 2.51 bits per heavy atom. The van der Waals surface area contributed by atoms with E-state index < -0.39 is 11.5 Å². The Bertz CT molecular complexity index is 2090. The number of amides is 1. The van der Waals surface area contributed by atoms with Crippen LogP contribution in [0.3, 0.4) is 0 Å². The molecular weight excluding hydrogens is 613 g/mol. The van der Waals surface area contributed by atoms with Crippen molar-refractivity contribution in [2.75, 3.05) is 17.0 Å². The van der Waals surface area contributed by atoms with E-state index in [1.807, 2.05) is 61.5 Å². The summed E-state index contributed by atoms with van der Waals surface area (Å²) in [6.45, 7) is 6.01. The second-order valence-electron chi connectivity index (χ2n) is 10.4. The SMILES string of the molecule is CCn1c(NCc2ccc3c(c2)OCO3)c(/C=C2/SC(=S)N(c3c(C)n(C)n(-c4ccccc4)c3=O)C2=O)c(C)c(C#N)c1=O. The number of para-hydroxylation sites is 1. The molecule has 2 aromatic heterocycles. The Morgan fingerprint density at radius 1 is 1.07 bits per heavy atom. The summed E-state index contributed by atoms with van der Waals surface area (Å²) in [6.07, 6.45) is 1.64. The minimum atomic E-state index is -0.468. The predicted molar refractivity (Wildman–Crippen MR) is 177 cm³/mol. The molecule has 0 spiro atoms. The molecule has 11 nitrogen and oxygen atoms in total. The van der Waals surface area contributed by atoms with E-state index in [0.717, 1.165) is 17.3 Å². The van der Waals surface area contributed by atoms with Crippen LogP contribution in [0.25, 0.3) is 11.8 Å². The minimum Gasteiger partial charge on any atom is -0.454 e. The number of carbonyl (C=O) groups is 1. The molecule has 13 heteroatoms. The lowest BCUT2D eigenvalue weighted by molar-refractivity contribution is -0.113. The van der Waals surface area contributed by atoms with E-state index in [1.54, 1.807) is 31.7 Å². The fraction of sp³-hybridized carbons (Fsp3) is 0.219. The van der Waals surface area contributed by atoms with E-state index >= 15 is 0 Å². The van der Waals surface area contributed by atoms with E-state index in [-0.39, 0.29) is 39.4 Å². The molecule has 0 bridgehead atoms. The van der Waals surface area contributed by atoms with Crippen molar-refractivity contribution in [1.29, 1.82) is 5.26 Å². The van der Waals surface area contributed by atoms with E-state index in [4.69, 9.17) is 21.7 Å². The second-order valence-corrected chi connectivity index (χ2v) is 12.1. The smallest absolute Gasteiger partial charge is 0.296 e. The molecule has 0 aliphatic carbocycles. The predicted octanol–water partition coefficient (Wildman–Crippen LogP) is 4.59. The van der Waals surface area contributed by atoms with Gasteiger partial charge >= 0.3 is 0 Å². The van der Waals surface area contributed by atoms with E-state index in [9.17, 15) is 19.6 Å². The highest BCUT2D eigenvalue weighted by Gasteiger charge is 2.38. The van der Waals surface area contributed by atoms with Crippen molar-refractivity contribution >= 4 is 51.8 Å². The van der Waals surface area contributed by atoms with Crippen molar-refractivity contribution < 1.29 is 14.3 Å². The van der Waals surface area contributed by atoms with Gasteiger partial charge in [-0.05, 0) is 62.2 Å². The van der Waals surface area contributed by atoms with Crippen LogP contribution < -0.4 is 30.8 Å². The third-order valence-electron chi connectivity index (χ3n) is 7.90. The van der Waals surface area contributed by atoms with Gasteiger partial charge in [0.2, 0.25) is 6.79 Å². The number of aromatic nitrogens is 3. The summed E-state index contributed by atoms with van der Waals surface area (Å²) in [7, 11) is 1.75. The van der Waals surface area contributed by atoms with Crippen LogP contribution in [0.4, 0.5) is 11.5 Å². The number of nitrogens with one attached hydrogen (secondary N) is 1. The summed E-state index contributed by atoms with van der Waals surface area (Å²) in [6, 6.07) is 16.7. The molecule has 2 aromatic carbocycles. The van der Waals surface area contributed by atoms with E-state index in [0.29, 0.717) is 46.4 Å². The molecule has 1 fully saturated rings. The fourth-order valence-corrected chi connectivity index (χ4v) is 6.75. The lowest BCUT2D eigenvalue weighted by Gasteiger charge is -2.19. The van der Waals surface area contributed by atoms with E-state index in [1.165, 1.54) is 14.1 Å². The van der Waals surface area contributed by atoms with Gasteiger partial charge in [0, 0.05) is 25.7 Å². The van der Waals surface area contributed by atoms with Crippen LogP contribution in [0.2, 0.25) is 0 Å². The molecule has 6 rings (SSSR count). The Morgan fingerprint density at radius 2 is 1.80 bits per heavy atom. The van der Waals surface area contributed by atoms with Crippen LogP contribution in [0.5, 0.6) is 11.5 Å². The van der Waals surface area contributed by atoms with Crippen molar-refractivity contribution in [1.82, 2.24) is 13.9 Å². The zero-order valence-corrected chi connectivity index (χ0v) is 26.5. The maximum absolute atomic E-state index is 14.0. The highest BCUT2D eigenvalue weighted by molar-refractivity contribution is 8.27. The van der Waals surface area contributed by atoms with Crippen LogP contribution in [0.15, 0.2) is 63.0 Å². The number of hydrogen-bond donors (Lipinski definition) is 1. The van der Waals surface area contributed by atoms with Gasteiger partial charge in [0.25, 0.3) is 17.0 Å². The van der Waals surface area contributed by atoms with Gasteiger partial charge in [0.05, 0.1) is 16.3 Å². The number of fused-ring (bicyclic) bond motifs is 1. The second kappa shape index (κ2) is 11.8. The molecule has 0 atom stereocenters. The summed E-state index contributed by atoms with van der Waals surface area (Å²) < 4.78 is 15.8. The zero-order chi connectivity index (χ0) is 32.0. The lowest BCUT2D eigenvalue weighted by atomic mass is 10.0. The Labute approximate surface area is 267 Å². The quantitative estimate of drug-likeness (QED) is 0.228. The fourth-order valence-electron chi connectivity index (χ4n) is 5.50. The van der Waals surface area contributed by atoms with Crippen LogP contribution in [-0.2, 0) is 24.9 Å². The largest absolute Gasteiger partial charge is 0.454 e. The Hall–Kier alpha value is -5.06. The highest BCUT2D eigenvalue weighted by Crippen LogP contribution is 2.38. The molecule has 4 aromatic rings. The number of rotatable bonds is 7. The Balaban J connectivity index is 1.42. The summed E-state index contributed by atoms with van der Waals surface area (Å²) in [5.41, 5.74) is 2.36. The number of ether oxygens (including phenoxy) is 2. The number of anilines is 2. The molecule has 0 unspecified atom stereocenters. The topological polar surface area (TPSA) is 124 Å². The maximum atomic E-state index is 14.0. The van der Waals surface area contributed by atoms with E-state index in [2.05, 4.69) is 5.32 Å². The summed E-state index contributed by atoms with van der Waals surface area (Å²) in [5.74, 6) is 1.27. The first-order valence-corrected chi connectivity index (χ1v) is 15.3. The standard InChI is InChI=1S/C32H28N6O5S2/c1-5-36-28(34-16-20-11-12-24-25(13-20)43-17-42-24)22(18(2)23(15-33)29(36)39)14-26-30(40)37(32(44)45-26)27-19(3)35(4)38(31(27)41)21-9-7-6-8-10-21/h6-14,34H,5,16-17H2,1-4H3/b26-14+. The lowest BCUT2D eigenvalue weighted by Crippen LogP contribution is -2.33. The average Bonchev–Trinajstić information content (AvgIpc) is 3.67. The molecule has 0 saturated carbocycles. The van der Waals surface area contributed by atoms with Crippen LogP contribution in [-0.4, -0.2) is 31.0 Å². The van der Waals surface area contributed by atoms with Crippen molar-refractivity contribution in [3.8, 4) is 23.3 Å². The number of carbonyl (C=O) groups excluding carboxylic acids is 1. The molecular formula is C32H28N6O5S2. The van der Waals surface area contributed by atoms with Gasteiger partial charge < -0.3 is 14.8 Å². The summed E-state index contributed by atoms with van der Waals surface area (Å²) >= 11 is 6.70. The van der Waals surface area contributed by atoms with Gasteiger partial charge in [-0.3, -0.25) is 28.5 Å². The monoisotopic (exact) mass is 640 g/mol. The highest BCUT2D eigenvalue weighted by atomic mass is 32.2. The molecule has 228 valence electrons. The molecule has 2 aliphatic rings. The molecule has 1 saturated heterocycles. The number of nitrogens with zero attached hydrogens (tertiary/aromatic N) is 5. The van der Waals surface area contributed by atoms with Gasteiger partial charge in [-0.25, -0.2) is 4.68 Å². The van der Waals surface area contributed by atoms with Crippen LogP contribution in [0.1, 0.15) is 34.9 Å². The van der Waals surface area contributed by atoms with Gasteiger partial charge in [0.15, 0.2) is 15.8 Å². The molecule has 45 heavy (non-hydrogen) atoms. The first-order chi connectivity index (χ1) is 21.7. The van der Waals surface area contributed by atoms with Crippen molar-refractivity contribution in [3.63, 3.8) is 0 Å². The number of pyridine rings is 1. The number of benzene rings is 2. The first kappa shape index (κ1) is 30.0. The van der Waals surface area contributed by atoms with Crippen LogP contribution in [0, 0.1) is 25.2 Å².